The molecule has 1 N–H and O–H groups in total. The average Bonchev–Trinajstić information content (AvgIpc) is 2.87. The molecule has 1 rings (SSSR count). The second-order valence-electron chi connectivity index (χ2n) is 7.90. The first-order chi connectivity index (χ1) is 12.7. The maximum atomic E-state index is 3.42. The van der Waals surface area contributed by atoms with Crippen molar-refractivity contribution in [1.82, 2.24) is 5.32 Å². The van der Waals surface area contributed by atoms with Crippen molar-refractivity contribution < 1.29 is 0 Å². The fraction of sp³-hybridized carbons (Fsp3) is 0.750. The van der Waals surface area contributed by atoms with E-state index in [2.05, 4.69) is 69.2 Å². The lowest BCUT2D eigenvalue weighted by molar-refractivity contribution is 0.526. The molecule has 0 aromatic rings. The van der Waals surface area contributed by atoms with Crippen molar-refractivity contribution in [2.24, 2.45) is 5.92 Å². The summed E-state index contributed by atoms with van der Waals surface area (Å²) in [7, 11) is 2.08. The third-order valence-electron chi connectivity index (χ3n) is 5.37. The highest BCUT2D eigenvalue weighted by molar-refractivity contribution is 7.99. The minimum Gasteiger partial charge on any atom is -0.317 e. The largest absolute Gasteiger partial charge is 0.317 e. The molecule has 0 amide bonds. The van der Waals surface area contributed by atoms with Crippen LogP contribution in [0.3, 0.4) is 0 Å². The molecule has 0 aromatic carbocycles. The SMILES string of the molecule is CCCCCCSCCCC(C)CC1=CC=C(CC(CC)NC)CC=C1. The van der Waals surface area contributed by atoms with E-state index in [0.29, 0.717) is 6.04 Å². The first-order valence-corrected chi connectivity index (χ1v) is 12.1. The predicted molar refractivity (Wildman–Crippen MR) is 122 cm³/mol. The lowest BCUT2D eigenvalue weighted by atomic mass is 9.96. The summed E-state index contributed by atoms with van der Waals surface area (Å²) < 4.78 is 0. The zero-order chi connectivity index (χ0) is 19.0. The second kappa shape index (κ2) is 15.6. The minimum atomic E-state index is 0.614. The molecule has 26 heavy (non-hydrogen) atoms. The predicted octanol–water partition coefficient (Wildman–Crippen LogP) is 7.31. The van der Waals surface area contributed by atoms with Crippen molar-refractivity contribution in [3.05, 3.63) is 35.5 Å². The summed E-state index contributed by atoms with van der Waals surface area (Å²) in [6, 6.07) is 0.614. The Morgan fingerprint density at radius 1 is 1.04 bits per heavy atom. The van der Waals surface area contributed by atoms with Gasteiger partial charge in [-0.25, -0.2) is 0 Å². The molecule has 0 saturated heterocycles. The summed E-state index contributed by atoms with van der Waals surface area (Å²) >= 11 is 2.16. The number of hydrogen-bond acceptors (Lipinski definition) is 2. The number of nitrogens with one attached hydrogen (secondary N) is 1. The van der Waals surface area contributed by atoms with E-state index < -0.39 is 0 Å². The fourth-order valence-corrected chi connectivity index (χ4v) is 4.52. The molecule has 1 aliphatic carbocycles. The Hall–Kier alpha value is -0.470. The number of hydrogen-bond donors (Lipinski definition) is 1. The molecule has 1 aliphatic rings. The lowest BCUT2D eigenvalue weighted by Gasteiger charge is -2.14. The smallest absolute Gasteiger partial charge is 0.00988 e. The van der Waals surface area contributed by atoms with Crippen LogP contribution >= 0.6 is 11.8 Å². The van der Waals surface area contributed by atoms with Gasteiger partial charge in [-0.2, -0.15) is 11.8 Å². The molecule has 150 valence electrons. The highest BCUT2D eigenvalue weighted by atomic mass is 32.2. The van der Waals surface area contributed by atoms with Crippen molar-refractivity contribution >= 4 is 11.8 Å². The third kappa shape index (κ3) is 11.3. The Morgan fingerprint density at radius 2 is 1.85 bits per heavy atom. The van der Waals surface area contributed by atoms with Crippen molar-refractivity contribution in [2.75, 3.05) is 18.6 Å². The van der Waals surface area contributed by atoms with Gasteiger partial charge in [-0.05, 0) is 75.0 Å². The molecule has 0 spiro atoms. The highest BCUT2D eigenvalue weighted by Crippen LogP contribution is 2.23. The molecule has 0 radical (unpaired) electrons. The summed E-state index contributed by atoms with van der Waals surface area (Å²) in [6.07, 6.45) is 22.5. The molecular weight excluding hydrogens is 334 g/mol. The Labute approximate surface area is 168 Å². The fourth-order valence-electron chi connectivity index (χ4n) is 3.54. The number of rotatable bonds is 15. The molecule has 0 aromatic heterocycles. The van der Waals surface area contributed by atoms with Crippen LogP contribution in [0.5, 0.6) is 0 Å². The first-order valence-electron chi connectivity index (χ1n) is 11.0. The molecule has 0 saturated carbocycles. The molecular formula is C24H43NS. The highest BCUT2D eigenvalue weighted by Gasteiger charge is 2.09. The molecule has 1 nitrogen and oxygen atoms in total. The van der Waals surface area contributed by atoms with Crippen molar-refractivity contribution in [3.63, 3.8) is 0 Å². The van der Waals surface area contributed by atoms with Crippen molar-refractivity contribution in [1.29, 1.82) is 0 Å². The van der Waals surface area contributed by atoms with Gasteiger partial charge in [0.1, 0.15) is 0 Å². The van der Waals surface area contributed by atoms with Crippen LogP contribution in [0, 0.1) is 5.92 Å². The van der Waals surface area contributed by atoms with E-state index >= 15 is 0 Å². The molecule has 0 bridgehead atoms. The lowest BCUT2D eigenvalue weighted by Crippen LogP contribution is -2.24. The Bertz CT molecular complexity index is 431. The van der Waals surface area contributed by atoms with Crippen LogP contribution in [0.4, 0.5) is 0 Å². The van der Waals surface area contributed by atoms with Crippen LogP contribution in [0.15, 0.2) is 35.5 Å². The van der Waals surface area contributed by atoms with Gasteiger partial charge in [0.2, 0.25) is 0 Å². The second-order valence-corrected chi connectivity index (χ2v) is 9.12. The van der Waals surface area contributed by atoms with Gasteiger partial charge in [0.25, 0.3) is 0 Å². The number of unbranched alkanes of at least 4 members (excludes halogenated alkanes) is 3. The van der Waals surface area contributed by atoms with Gasteiger partial charge in [0.15, 0.2) is 0 Å². The van der Waals surface area contributed by atoms with Crippen molar-refractivity contribution in [2.45, 2.75) is 91.0 Å². The zero-order valence-corrected chi connectivity index (χ0v) is 18.7. The van der Waals surface area contributed by atoms with E-state index in [-0.39, 0.29) is 0 Å². The van der Waals surface area contributed by atoms with Crippen LogP contribution in [0.25, 0.3) is 0 Å². The number of thioether (sulfide) groups is 1. The minimum absolute atomic E-state index is 0.614. The molecule has 0 aliphatic heterocycles. The molecule has 2 unspecified atom stereocenters. The maximum absolute atomic E-state index is 3.42. The Kier molecular flexibility index (Phi) is 14.1. The number of allylic oxidation sites excluding steroid dienone is 5. The van der Waals surface area contributed by atoms with E-state index in [1.54, 1.807) is 5.57 Å². The van der Waals surface area contributed by atoms with Gasteiger partial charge < -0.3 is 5.32 Å². The van der Waals surface area contributed by atoms with Crippen LogP contribution in [-0.4, -0.2) is 24.6 Å². The summed E-state index contributed by atoms with van der Waals surface area (Å²) in [5, 5.41) is 3.42. The average molecular weight is 378 g/mol. The van der Waals surface area contributed by atoms with E-state index in [1.165, 1.54) is 74.9 Å². The van der Waals surface area contributed by atoms with Crippen LogP contribution in [0.2, 0.25) is 0 Å². The standard InChI is InChI=1S/C24H43NS/c1-5-7-8-9-17-26-18-11-12-21(3)19-22-13-10-14-23(16-15-22)20-24(6-2)25-4/h10,13,15-16,21,24-25H,5-9,11-12,14,17-20H2,1-4H3. The normalized spacial score (nSPS) is 16.8. The molecule has 0 heterocycles. The first kappa shape index (κ1) is 23.6. The quantitative estimate of drug-likeness (QED) is 0.300. The Morgan fingerprint density at radius 3 is 2.58 bits per heavy atom. The zero-order valence-electron chi connectivity index (χ0n) is 17.9. The Balaban J connectivity index is 2.23. The van der Waals surface area contributed by atoms with Crippen LogP contribution in [0.1, 0.15) is 85.0 Å². The molecule has 0 fully saturated rings. The monoisotopic (exact) mass is 377 g/mol. The van der Waals surface area contributed by atoms with E-state index in [1.807, 2.05) is 0 Å². The summed E-state index contributed by atoms with van der Waals surface area (Å²) in [5.74, 6) is 3.50. The van der Waals surface area contributed by atoms with Gasteiger partial charge >= 0.3 is 0 Å². The van der Waals surface area contributed by atoms with Gasteiger partial charge in [0, 0.05) is 6.04 Å². The van der Waals surface area contributed by atoms with Crippen molar-refractivity contribution in [3.8, 4) is 0 Å². The third-order valence-corrected chi connectivity index (χ3v) is 6.52. The summed E-state index contributed by atoms with van der Waals surface area (Å²) in [6.45, 7) is 6.97. The summed E-state index contributed by atoms with van der Waals surface area (Å²) in [4.78, 5) is 0. The topological polar surface area (TPSA) is 12.0 Å². The molecule has 2 heteroatoms. The van der Waals surface area contributed by atoms with E-state index in [4.69, 9.17) is 0 Å². The van der Waals surface area contributed by atoms with Gasteiger partial charge in [-0.3, -0.25) is 0 Å². The van der Waals surface area contributed by atoms with Crippen LogP contribution in [-0.2, 0) is 0 Å². The summed E-state index contributed by atoms with van der Waals surface area (Å²) in [5.41, 5.74) is 3.07. The maximum Gasteiger partial charge on any atom is 0.00988 e. The molecule has 2 atom stereocenters. The van der Waals surface area contributed by atoms with E-state index in [9.17, 15) is 0 Å². The van der Waals surface area contributed by atoms with Crippen LogP contribution < -0.4 is 5.32 Å². The van der Waals surface area contributed by atoms with Gasteiger partial charge in [-0.15, -0.1) is 0 Å². The van der Waals surface area contributed by atoms with Gasteiger partial charge in [0.05, 0.1) is 0 Å². The van der Waals surface area contributed by atoms with Gasteiger partial charge in [-0.1, -0.05) is 69.9 Å². The van der Waals surface area contributed by atoms with E-state index in [0.717, 1.165) is 12.3 Å².